The van der Waals surface area contributed by atoms with Crippen LogP contribution in [-0.2, 0) is 16.1 Å². The Bertz CT molecular complexity index is 628. The number of carbonyl (C=O) groups is 1. The van der Waals surface area contributed by atoms with Gasteiger partial charge in [0.05, 0.1) is 12.8 Å². The molecule has 2 aromatic rings. The van der Waals surface area contributed by atoms with Gasteiger partial charge in [-0.1, -0.05) is 30.3 Å². The van der Waals surface area contributed by atoms with Crippen LogP contribution in [0.3, 0.4) is 0 Å². The highest BCUT2D eigenvalue weighted by atomic mass is 16.5. The van der Waals surface area contributed by atoms with Crippen molar-refractivity contribution in [1.82, 2.24) is 4.90 Å². The summed E-state index contributed by atoms with van der Waals surface area (Å²) in [5.41, 5.74) is 1.02. The van der Waals surface area contributed by atoms with E-state index in [1.54, 1.807) is 12.3 Å². The zero-order valence-electron chi connectivity index (χ0n) is 13.1. The first-order valence-corrected chi connectivity index (χ1v) is 7.97. The average molecular weight is 311 g/mol. The lowest BCUT2D eigenvalue weighted by Crippen LogP contribution is -2.42. The van der Waals surface area contributed by atoms with Crippen molar-refractivity contribution >= 4 is 12.0 Å². The van der Waals surface area contributed by atoms with Gasteiger partial charge in [-0.05, 0) is 36.6 Å². The molecule has 1 aliphatic heterocycles. The van der Waals surface area contributed by atoms with Crippen molar-refractivity contribution in [3.63, 3.8) is 0 Å². The Hall–Kier alpha value is -2.33. The Kier molecular flexibility index (Phi) is 5.27. The van der Waals surface area contributed by atoms with Crippen LogP contribution in [0.2, 0.25) is 0 Å². The molecular weight excluding hydrogens is 290 g/mol. The first-order valence-electron chi connectivity index (χ1n) is 7.97. The molecule has 4 heteroatoms. The van der Waals surface area contributed by atoms with Gasteiger partial charge in [-0.25, -0.2) is 0 Å². The molecule has 0 atom stereocenters. The molecule has 1 aromatic carbocycles. The molecule has 23 heavy (non-hydrogen) atoms. The number of rotatable bonds is 5. The molecule has 2 heterocycles. The van der Waals surface area contributed by atoms with E-state index in [4.69, 9.17) is 9.15 Å². The number of benzene rings is 1. The van der Waals surface area contributed by atoms with Crippen LogP contribution in [0.4, 0.5) is 0 Å². The fraction of sp³-hybridized carbons (Fsp3) is 0.316. The molecule has 1 saturated heterocycles. The van der Waals surface area contributed by atoms with Crippen molar-refractivity contribution in [1.29, 1.82) is 0 Å². The lowest BCUT2D eigenvalue weighted by atomic mass is 10.1. The van der Waals surface area contributed by atoms with Crippen molar-refractivity contribution in [2.75, 3.05) is 13.2 Å². The third kappa shape index (κ3) is 4.33. The summed E-state index contributed by atoms with van der Waals surface area (Å²) in [6, 6.07) is 13.8. The molecule has 0 unspecified atom stereocenters. The van der Waals surface area contributed by atoms with Crippen molar-refractivity contribution < 1.29 is 13.9 Å². The maximum Gasteiger partial charge on any atom is 0.247 e. The number of hydrogen-bond acceptors (Lipinski definition) is 3. The Morgan fingerprint density at radius 3 is 2.61 bits per heavy atom. The molecule has 0 spiro atoms. The number of furan rings is 1. The molecule has 1 amide bonds. The lowest BCUT2D eigenvalue weighted by Gasteiger charge is -2.33. The summed E-state index contributed by atoms with van der Waals surface area (Å²) >= 11 is 0. The minimum atomic E-state index is 0.0113. The second-order valence-corrected chi connectivity index (χ2v) is 5.63. The van der Waals surface area contributed by atoms with E-state index >= 15 is 0 Å². The Morgan fingerprint density at radius 1 is 1.13 bits per heavy atom. The largest absolute Gasteiger partial charge is 0.467 e. The lowest BCUT2D eigenvalue weighted by molar-refractivity contribution is -0.131. The second-order valence-electron chi connectivity index (χ2n) is 5.63. The Labute approximate surface area is 136 Å². The van der Waals surface area contributed by atoms with E-state index in [9.17, 15) is 4.79 Å². The van der Waals surface area contributed by atoms with Crippen LogP contribution in [0.5, 0.6) is 0 Å². The highest BCUT2D eigenvalue weighted by Crippen LogP contribution is 2.19. The van der Waals surface area contributed by atoms with Gasteiger partial charge in [0.15, 0.2) is 0 Å². The van der Waals surface area contributed by atoms with E-state index < -0.39 is 0 Å². The van der Waals surface area contributed by atoms with Crippen LogP contribution in [0.25, 0.3) is 6.08 Å². The summed E-state index contributed by atoms with van der Waals surface area (Å²) < 4.78 is 10.8. The number of amides is 1. The molecule has 120 valence electrons. The van der Waals surface area contributed by atoms with Gasteiger partial charge in [-0.15, -0.1) is 0 Å². The van der Waals surface area contributed by atoms with Crippen LogP contribution in [0, 0.1) is 0 Å². The summed E-state index contributed by atoms with van der Waals surface area (Å²) in [5.74, 6) is 0.815. The number of hydrogen-bond donors (Lipinski definition) is 0. The predicted octanol–water partition coefficient (Wildman–Crippen LogP) is 3.50. The van der Waals surface area contributed by atoms with Crippen molar-refractivity contribution in [3.05, 3.63) is 66.1 Å². The normalized spacial score (nSPS) is 15.8. The quantitative estimate of drug-likeness (QED) is 0.794. The molecule has 0 aliphatic carbocycles. The molecule has 1 aliphatic rings. The highest BCUT2D eigenvalue weighted by molar-refractivity contribution is 5.92. The van der Waals surface area contributed by atoms with Crippen LogP contribution in [0.15, 0.2) is 59.2 Å². The van der Waals surface area contributed by atoms with Crippen LogP contribution in [-0.4, -0.2) is 30.1 Å². The molecule has 0 N–H and O–H groups in total. The standard InChI is InChI=1S/C19H21NO3/c21-19(9-8-16-5-2-1-3-6-16)20(15-18-7-4-12-23-18)17-10-13-22-14-11-17/h1-9,12,17H,10-11,13-15H2. The van der Waals surface area contributed by atoms with E-state index in [-0.39, 0.29) is 11.9 Å². The summed E-state index contributed by atoms with van der Waals surface area (Å²) in [6.07, 6.45) is 6.88. The van der Waals surface area contributed by atoms with E-state index in [0.717, 1.165) is 24.2 Å². The van der Waals surface area contributed by atoms with E-state index in [0.29, 0.717) is 19.8 Å². The van der Waals surface area contributed by atoms with E-state index in [2.05, 4.69) is 0 Å². The topological polar surface area (TPSA) is 42.7 Å². The van der Waals surface area contributed by atoms with Gasteiger partial charge in [0, 0.05) is 25.3 Å². The fourth-order valence-corrected chi connectivity index (χ4v) is 2.78. The van der Waals surface area contributed by atoms with E-state index in [1.165, 1.54) is 0 Å². The fourth-order valence-electron chi connectivity index (χ4n) is 2.78. The molecule has 0 saturated carbocycles. The summed E-state index contributed by atoms with van der Waals surface area (Å²) in [5, 5.41) is 0. The van der Waals surface area contributed by atoms with Gasteiger partial charge in [0.2, 0.25) is 5.91 Å². The zero-order valence-corrected chi connectivity index (χ0v) is 13.1. The van der Waals surface area contributed by atoms with Crippen molar-refractivity contribution in [3.8, 4) is 0 Å². The maximum atomic E-state index is 12.7. The maximum absolute atomic E-state index is 12.7. The third-order valence-electron chi connectivity index (χ3n) is 4.04. The van der Waals surface area contributed by atoms with Crippen LogP contribution >= 0.6 is 0 Å². The Morgan fingerprint density at radius 2 is 1.91 bits per heavy atom. The summed E-state index contributed by atoms with van der Waals surface area (Å²) in [7, 11) is 0. The van der Waals surface area contributed by atoms with Crippen LogP contribution < -0.4 is 0 Å². The highest BCUT2D eigenvalue weighted by Gasteiger charge is 2.25. The molecule has 4 nitrogen and oxygen atoms in total. The summed E-state index contributed by atoms with van der Waals surface area (Å²) in [4.78, 5) is 14.6. The van der Waals surface area contributed by atoms with Gasteiger partial charge in [0.1, 0.15) is 5.76 Å². The minimum absolute atomic E-state index is 0.0113. The number of carbonyl (C=O) groups excluding carboxylic acids is 1. The minimum Gasteiger partial charge on any atom is -0.467 e. The molecule has 1 fully saturated rings. The van der Waals surface area contributed by atoms with E-state index in [1.807, 2.05) is 53.4 Å². The number of nitrogens with zero attached hydrogens (tertiary/aromatic N) is 1. The first-order chi connectivity index (χ1) is 11.3. The first kappa shape index (κ1) is 15.6. The van der Waals surface area contributed by atoms with Gasteiger partial charge < -0.3 is 14.1 Å². The SMILES string of the molecule is O=C(C=Cc1ccccc1)N(Cc1ccco1)C1CCOCC1. The molecule has 3 rings (SSSR count). The molecule has 0 bridgehead atoms. The Balaban J connectivity index is 1.73. The van der Waals surface area contributed by atoms with Crippen molar-refractivity contribution in [2.24, 2.45) is 0 Å². The number of ether oxygens (including phenoxy) is 1. The predicted molar refractivity (Wildman–Crippen MR) is 88.6 cm³/mol. The molecular formula is C19H21NO3. The average Bonchev–Trinajstić information content (AvgIpc) is 3.12. The zero-order chi connectivity index (χ0) is 15.9. The second kappa shape index (κ2) is 7.79. The van der Waals surface area contributed by atoms with Crippen LogP contribution in [0.1, 0.15) is 24.2 Å². The van der Waals surface area contributed by atoms with Gasteiger partial charge in [0.25, 0.3) is 0 Å². The van der Waals surface area contributed by atoms with Gasteiger partial charge in [-0.3, -0.25) is 4.79 Å². The van der Waals surface area contributed by atoms with Crippen molar-refractivity contribution in [2.45, 2.75) is 25.4 Å². The summed E-state index contributed by atoms with van der Waals surface area (Å²) in [6.45, 7) is 1.90. The monoisotopic (exact) mass is 311 g/mol. The van der Waals surface area contributed by atoms with Gasteiger partial charge >= 0.3 is 0 Å². The molecule has 1 aromatic heterocycles. The smallest absolute Gasteiger partial charge is 0.247 e. The molecule has 0 radical (unpaired) electrons. The van der Waals surface area contributed by atoms with Gasteiger partial charge in [-0.2, -0.15) is 0 Å². The third-order valence-corrected chi connectivity index (χ3v) is 4.04.